The molecular formula is C19H23N7O. The van der Waals surface area contributed by atoms with Gasteiger partial charge in [0.25, 0.3) is 0 Å². The molecule has 3 aromatic rings. The monoisotopic (exact) mass is 365 g/mol. The largest absolute Gasteiger partial charge is 0.377 e. The van der Waals surface area contributed by atoms with E-state index in [1.807, 2.05) is 33.0 Å². The van der Waals surface area contributed by atoms with Gasteiger partial charge in [-0.05, 0) is 32.9 Å². The Morgan fingerprint density at radius 1 is 1.41 bits per heavy atom. The fourth-order valence-corrected chi connectivity index (χ4v) is 3.59. The van der Waals surface area contributed by atoms with Crippen molar-refractivity contribution in [3.05, 3.63) is 23.9 Å². The van der Waals surface area contributed by atoms with E-state index in [1.165, 1.54) is 0 Å². The average Bonchev–Trinajstić information content (AvgIpc) is 3.29. The Labute approximate surface area is 157 Å². The van der Waals surface area contributed by atoms with E-state index in [9.17, 15) is 5.26 Å². The molecule has 8 nitrogen and oxygen atoms in total. The highest BCUT2D eigenvalue weighted by atomic mass is 16.5. The number of ether oxygens (including phenoxy) is 1. The molecule has 4 rings (SSSR count). The maximum Gasteiger partial charge on any atom is 0.136 e. The molecule has 4 heterocycles. The van der Waals surface area contributed by atoms with Crippen LogP contribution in [0.15, 0.2) is 18.3 Å². The van der Waals surface area contributed by atoms with E-state index in [2.05, 4.69) is 33.2 Å². The highest BCUT2D eigenvalue weighted by Gasteiger charge is 2.30. The van der Waals surface area contributed by atoms with Crippen molar-refractivity contribution in [2.75, 3.05) is 24.7 Å². The number of hydrogen-bond acceptors (Lipinski definition) is 6. The summed E-state index contributed by atoms with van der Waals surface area (Å²) in [4.78, 5) is 7.20. The Morgan fingerprint density at radius 2 is 2.22 bits per heavy atom. The number of nitriles is 1. The second kappa shape index (κ2) is 6.35. The molecule has 3 aromatic heterocycles. The van der Waals surface area contributed by atoms with E-state index in [4.69, 9.17) is 9.72 Å². The summed E-state index contributed by atoms with van der Waals surface area (Å²) >= 11 is 0. The number of nitrogens with one attached hydrogen (secondary N) is 1. The Kier molecular flexibility index (Phi) is 4.12. The molecule has 1 aliphatic heterocycles. The first-order valence-electron chi connectivity index (χ1n) is 9.06. The van der Waals surface area contributed by atoms with Crippen molar-refractivity contribution in [2.24, 2.45) is 7.05 Å². The predicted molar refractivity (Wildman–Crippen MR) is 102 cm³/mol. The van der Waals surface area contributed by atoms with E-state index >= 15 is 0 Å². The van der Waals surface area contributed by atoms with Gasteiger partial charge in [-0.25, -0.2) is 4.98 Å². The zero-order valence-electron chi connectivity index (χ0n) is 16.0. The lowest BCUT2D eigenvalue weighted by molar-refractivity contribution is 0.0985. The smallest absolute Gasteiger partial charge is 0.136 e. The van der Waals surface area contributed by atoms with Gasteiger partial charge in [0.05, 0.1) is 42.0 Å². The number of rotatable bonds is 3. The number of morpholine rings is 1. The van der Waals surface area contributed by atoms with Crippen LogP contribution >= 0.6 is 0 Å². The summed E-state index contributed by atoms with van der Waals surface area (Å²) < 4.78 is 7.38. The molecule has 0 bridgehead atoms. The van der Waals surface area contributed by atoms with Gasteiger partial charge in [-0.3, -0.25) is 9.78 Å². The molecule has 1 aliphatic rings. The van der Waals surface area contributed by atoms with Gasteiger partial charge < -0.3 is 9.64 Å². The lowest BCUT2D eigenvalue weighted by Gasteiger charge is -2.35. The summed E-state index contributed by atoms with van der Waals surface area (Å²) in [5, 5.41) is 21.5. The SMILES string of the molecule is C[C@@H]1COCCN1c1cc(C(C)(C)C#N)c2c(n1)c(-c1ccn[nH]1)nn2C. The van der Waals surface area contributed by atoms with Crippen LogP contribution in [0.5, 0.6) is 0 Å². The number of hydrogen-bond donors (Lipinski definition) is 1. The molecule has 1 atom stereocenters. The van der Waals surface area contributed by atoms with Crippen LogP contribution < -0.4 is 4.90 Å². The molecule has 0 amide bonds. The third-order valence-electron chi connectivity index (χ3n) is 5.15. The molecule has 0 spiro atoms. The van der Waals surface area contributed by atoms with Crippen LogP contribution in [0.1, 0.15) is 26.3 Å². The van der Waals surface area contributed by atoms with Gasteiger partial charge in [0, 0.05) is 25.4 Å². The molecule has 1 fully saturated rings. The standard InChI is InChI=1S/C19H23N7O/c1-12-10-27-8-7-26(12)15-9-13(19(2,3)11-20)18-17(22-15)16(24-25(18)4)14-5-6-21-23-14/h5-6,9,12H,7-8,10H2,1-4H3,(H,21,23)/t12-/m1/s1. The first-order valence-corrected chi connectivity index (χ1v) is 9.06. The second-order valence-electron chi connectivity index (χ2n) is 7.52. The third kappa shape index (κ3) is 2.84. The fraction of sp³-hybridized carbons (Fsp3) is 0.474. The number of H-pyrrole nitrogens is 1. The molecule has 140 valence electrons. The third-order valence-corrected chi connectivity index (χ3v) is 5.15. The quantitative estimate of drug-likeness (QED) is 0.766. The van der Waals surface area contributed by atoms with E-state index in [-0.39, 0.29) is 6.04 Å². The summed E-state index contributed by atoms with van der Waals surface area (Å²) in [5.41, 5.74) is 3.44. The van der Waals surface area contributed by atoms with Crippen LogP contribution in [0.3, 0.4) is 0 Å². The van der Waals surface area contributed by atoms with Crippen LogP contribution in [0.25, 0.3) is 22.4 Å². The summed E-state index contributed by atoms with van der Waals surface area (Å²) in [6.07, 6.45) is 1.70. The average molecular weight is 365 g/mol. The van der Waals surface area contributed by atoms with Crippen LogP contribution in [-0.2, 0) is 17.2 Å². The van der Waals surface area contributed by atoms with Crippen molar-refractivity contribution in [1.29, 1.82) is 5.26 Å². The summed E-state index contributed by atoms with van der Waals surface area (Å²) in [5.74, 6) is 0.852. The maximum atomic E-state index is 9.79. The Morgan fingerprint density at radius 3 is 2.89 bits per heavy atom. The molecular weight excluding hydrogens is 342 g/mol. The van der Waals surface area contributed by atoms with E-state index < -0.39 is 5.41 Å². The minimum atomic E-state index is -0.676. The van der Waals surface area contributed by atoms with Gasteiger partial charge in [-0.15, -0.1) is 0 Å². The van der Waals surface area contributed by atoms with Gasteiger partial charge in [0.1, 0.15) is 17.0 Å². The number of aromatic amines is 1. The Bertz CT molecular complexity index is 1010. The fourth-order valence-electron chi connectivity index (χ4n) is 3.59. The van der Waals surface area contributed by atoms with Crippen LogP contribution in [0.2, 0.25) is 0 Å². The molecule has 0 unspecified atom stereocenters. The molecule has 27 heavy (non-hydrogen) atoms. The first-order chi connectivity index (χ1) is 12.9. The predicted octanol–water partition coefficient (Wildman–Crippen LogP) is 2.38. The minimum Gasteiger partial charge on any atom is -0.377 e. The van der Waals surface area contributed by atoms with Gasteiger partial charge in [-0.1, -0.05) is 0 Å². The summed E-state index contributed by atoms with van der Waals surface area (Å²) in [6.45, 7) is 8.08. The van der Waals surface area contributed by atoms with Crippen molar-refractivity contribution < 1.29 is 4.74 Å². The normalized spacial score (nSPS) is 18.0. The molecule has 1 N–H and O–H groups in total. The number of pyridine rings is 1. The number of fused-ring (bicyclic) bond motifs is 1. The van der Waals surface area contributed by atoms with Crippen LogP contribution in [-0.4, -0.2) is 50.8 Å². The zero-order chi connectivity index (χ0) is 19.2. The van der Waals surface area contributed by atoms with E-state index in [0.29, 0.717) is 13.2 Å². The molecule has 0 aromatic carbocycles. The number of nitrogens with zero attached hydrogens (tertiary/aromatic N) is 6. The molecule has 0 saturated carbocycles. The second-order valence-corrected chi connectivity index (χ2v) is 7.52. The van der Waals surface area contributed by atoms with Gasteiger partial charge in [0.15, 0.2) is 0 Å². The summed E-state index contributed by atoms with van der Waals surface area (Å²) in [7, 11) is 1.89. The Hall–Kier alpha value is -2.92. The molecule has 1 saturated heterocycles. The number of aromatic nitrogens is 5. The lowest BCUT2D eigenvalue weighted by Crippen LogP contribution is -2.44. The highest BCUT2D eigenvalue weighted by Crippen LogP contribution is 2.36. The van der Waals surface area contributed by atoms with Crippen LogP contribution in [0, 0.1) is 11.3 Å². The number of anilines is 1. The topological polar surface area (TPSA) is 95.7 Å². The van der Waals surface area contributed by atoms with Crippen molar-refractivity contribution in [3.8, 4) is 17.5 Å². The number of aryl methyl sites for hydroxylation is 1. The molecule has 0 radical (unpaired) electrons. The van der Waals surface area contributed by atoms with Crippen molar-refractivity contribution in [3.63, 3.8) is 0 Å². The van der Waals surface area contributed by atoms with Crippen molar-refractivity contribution in [1.82, 2.24) is 25.0 Å². The summed E-state index contributed by atoms with van der Waals surface area (Å²) in [6, 6.07) is 6.56. The van der Waals surface area contributed by atoms with Crippen molar-refractivity contribution in [2.45, 2.75) is 32.2 Å². The minimum absolute atomic E-state index is 0.217. The van der Waals surface area contributed by atoms with Crippen LogP contribution in [0.4, 0.5) is 5.82 Å². The molecule has 8 heteroatoms. The van der Waals surface area contributed by atoms with Gasteiger partial charge >= 0.3 is 0 Å². The Balaban J connectivity index is 2.01. The van der Waals surface area contributed by atoms with E-state index in [1.54, 1.807) is 10.9 Å². The van der Waals surface area contributed by atoms with Crippen molar-refractivity contribution >= 4 is 16.9 Å². The maximum absolute atomic E-state index is 9.79. The van der Waals surface area contributed by atoms with Gasteiger partial charge in [-0.2, -0.15) is 15.5 Å². The lowest BCUT2D eigenvalue weighted by atomic mass is 9.85. The zero-order valence-corrected chi connectivity index (χ0v) is 16.0. The highest BCUT2D eigenvalue weighted by molar-refractivity contribution is 5.93. The molecule has 0 aliphatic carbocycles. The van der Waals surface area contributed by atoms with Gasteiger partial charge in [0.2, 0.25) is 0 Å². The first kappa shape index (κ1) is 17.5. The van der Waals surface area contributed by atoms with E-state index in [0.717, 1.165) is 40.3 Å².